The third-order valence-corrected chi connectivity index (χ3v) is 4.67. The molecule has 1 aliphatic heterocycles. The number of carbonyl (C=O) groups excluding carboxylic acids is 2. The van der Waals surface area contributed by atoms with Crippen LogP contribution in [0.15, 0.2) is 28.7 Å². The van der Waals surface area contributed by atoms with Crippen molar-refractivity contribution in [2.24, 2.45) is 17.3 Å². The van der Waals surface area contributed by atoms with E-state index in [1.165, 1.54) is 4.90 Å². The molecule has 3 nitrogen and oxygen atoms in total. The largest absolute Gasteiger partial charge is 0.278 e. The zero-order chi connectivity index (χ0) is 13.1. The first-order chi connectivity index (χ1) is 8.43. The van der Waals surface area contributed by atoms with Crippen LogP contribution in [-0.4, -0.2) is 16.7 Å². The Kier molecular flexibility index (Phi) is 2.43. The molecule has 1 aliphatic carbocycles. The van der Waals surface area contributed by atoms with Crippen LogP contribution in [0.2, 0.25) is 0 Å². The minimum absolute atomic E-state index is 0.00193. The second-order valence-corrected chi connectivity index (χ2v) is 6.58. The SMILES string of the molecule is CC1(C)C2C(=O)N(Cc3ccc(Br)cc3)C(=O)C21. The Labute approximate surface area is 114 Å². The molecule has 0 N–H and O–H groups in total. The molecule has 18 heavy (non-hydrogen) atoms. The highest BCUT2D eigenvalue weighted by Crippen LogP contribution is 2.63. The van der Waals surface area contributed by atoms with E-state index in [0.29, 0.717) is 6.54 Å². The topological polar surface area (TPSA) is 37.4 Å². The number of benzene rings is 1. The fourth-order valence-electron chi connectivity index (χ4n) is 2.93. The molecule has 1 aromatic rings. The van der Waals surface area contributed by atoms with Gasteiger partial charge < -0.3 is 0 Å². The van der Waals surface area contributed by atoms with Crippen LogP contribution >= 0.6 is 15.9 Å². The highest BCUT2D eigenvalue weighted by atomic mass is 79.9. The number of hydrogen-bond acceptors (Lipinski definition) is 2. The molecule has 1 heterocycles. The zero-order valence-electron chi connectivity index (χ0n) is 10.3. The fraction of sp³-hybridized carbons (Fsp3) is 0.429. The molecule has 2 unspecified atom stereocenters. The lowest BCUT2D eigenvalue weighted by atomic mass is 10.1. The molecule has 4 heteroatoms. The second-order valence-electron chi connectivity index (χ2n) is 5.67. The number of piperidine rings is 1. The maximum atomic E-state index is 12.1. The fourth-order valence-corrected chi connectivity index (χ4v) is 3.20. The molecule has 0 radical (unpaired) electrons. The Morgan fingerprint density at radius 3 is 2.11 bits per heavy atom. The average Bonchev–Trinajstić information content (AvgIpc) is 2.79. The van der Waals surface area contributed by atoms with Crippen LogP contribution in [0.5, 0.6) is 0 Å². The van der Waals surface area contributed by atoms with Crippen LogP contribution in [0.3, 0.4) is 0 Å². The van der Waals surface area contributed by atoms with Crippen molar-refractivity contribution in [1.82, 2.24) is 4.90 Å². The van der Waals surface area contributed by atoms with Gasteiger partial charge in [0.25, 0.3) is 0 Å². The molecule has 0 spiro atoms. The summed E-state index contributed by atoms with van der Waals surface area (Å²) in [6, 6.07) is 7.70. The maximum absolute atomic E-state index is 12.1. The van der Waals surface area contributed by atoms with E-state index in [1.807, 2.05) is 38.1 Å². The van der Waals surface area contributed by atoms with Crippen molar-refractivity contribution in [2.75, 3.05) is 0 Å². The summed E-state index contributed by atoms with van der Waals surface area (Å²) in [6.07, 6.45) is 0. The molecular formula is C14H14BrNO2. The number of amides is 2. The van der Waals surface area contributed by atoms with Gasteiger partial charge in [-0.15, -0.1) is 0 Å². The molecule has 0 aromatic heterocycles. The van der Waals surface area contributed by atoms with E-state index in [4.69, 9.17) is 0 Å². The number of fused-ring (bicyclic) bond motifs is 1. The van der Waals surface area contributed by atoms with Gasteiger partial charge in [0, 0.05) is 4.47 Å². The van der Waals surface area contributed by atoms with Gasteiger partial charge in [-0.3, -0.25) is 14.5 Å². The summed E-state index contributed by atoms with van der Waals surface area (Å²) in [7, 11) is 0. The summed E-state index contributed by atoms with van der Waals surface area (Å²) < 4.78 is 0.995. The van der Waals surface area contributed by atoms with Crippen LogP contribution in [0.4, 0.5) is 0 Å². The Balaban J connectivity index is 1.78. The Hall–Kier alpha value is -1.16. The van der Waals surface area contributed by atoms with Crippen molar-refractivity contribution in [3.63, 3.8) is 0 Å². The number of likely N-dealkylation sites (tertiary alicyclic amines) is 1. The van der Waals surface area contributed by atoms with E-state index >= 15 is 0 Å². The van der Waals surface area contributed by atoms with Gasteiger partial charge in [-0.25, -0.2) is 0 Å². The molecule has 94 valence electrons. The van der Waals surface area contributed by atoms with E-state index in [1.54, 1.807) is 0 Å². The first kappa shape index (κ1) is 11.9. The molecule has 2 aliphatic rings. The van der Waals surface area contributed by atoms with Crippen LogP contribution in [0.25, 0.3) is 0 Å². The minimum Gasteiger partial charge on any atom is -0.278 e. The summed E-state index contributed by atoms with van der Waals surface area (Å²) in [6.45, 7) is 4.39. The van der Waals surface area contributed by atoms with Gasteiger partial charge in [0.1, 0.15) is 0 Å². The third kappa shape index (κ3) is 1.55. The lowest BCUT2D eigenvalue weighted by Crippen LogP contribution is -2.35. The number of hydrogen-bond donors (Lipinski definition) is 0. The monoisotopic (exact) mass is 307 g/mol. The van der Waals surface area contributed by atoms with E-state index in [0.717, 1.165) is 10.0 Å². The van der Waals surface area contributed by atoms with E-state index in [2.05, 4.69) is 15.9 Å². The molecule has 1 saturated heterocycles. The normalized spacial score (nSPS) is 28.5. The van der Waals surface area contributed by atoms with Gasteiger partial charge >= 0.3 is 0 Å². The highest BCUT2D eigenvalue weighted by molar-refractivity contribution is 9.10. The van der Waals surface area contributed by atoms with Crippen molar-refractivity contribution in [1.29, 1.82) is 0 Å². The van der Waals surface area contributed by atoms with Gasteiger partial charge in [-0.2, -0.15) is 0 Å². The standard InChI is InChI=1S/C14H14BrNO2/c1-14(2)10-11(14)13(18)16(12(10)17)7-8-3-5-9(15)6-4-8/h3-6,10-11H,7H2,1-2H3. The number of carbonyl (C=O) groups is 2. The van der Waals surface area contributed by atoms with E-state index in [-0.39, 0.29) is 29.1 Å². The van der Waals surface area contributed by atoms with Gasteiger partial charge in [0.2, 0.25) is 11.8 Å². The maximum Gasteiger partial charge on any atom is 0.233 e. The molecule has 1 aromatic carbocycles. The lowest BCUT2D eigenvalue weighted by Gasteiger charge is -2.20. The molecule has 2 fully saturated rings. The van der Waals surface area contributed by atoms with Crippen LogP contribution in [-0.2, 0) is 16.1 Å². The van der Waals surface area contributed by atoms with E-state index < -0.39 is 0 Å². The predicted molar refractivity (Wildman–Crippen MR) is 70.5 cm³/mol. The van der Waals surface area contributed by atoms with Crippen LogP contribution in [0.1, 0.15) is 19.4 Å². The van der Waals surface area contributed by atoms with Crippen molar-refractivity contribution >= 4 is 27.7 Å². The van der Waals surface area contributed by atoms with Crippen molar-refractivity contribution < 1.29 is 9.59 Å². The Morgan fingerprint density at radius 2 is 1.61 bits per heavy atom. The molecule has 3 rings (SSSR count). The van der Waals surface area contributed by atoms with Gasteiger partial charge in [-0.1, -0.05) is 41.9 Å². The lowest BCUT2D eigenvalue weighted by molar-refractivity contribution is -0.143. The average molecular weight is 308 g/mol. The molecule has 2 amide bonds. The second kappa shape index (κ2) is 3.67. The molecule has 0 bridgehead atoms. The van der Waals surface area contributed by atoms with Gasteiger partial charge in [0.15, 0.2) is 0 Å². The van der Waals surface area contributed by atoms with Crippen molar-refractivity contribution in [2.45, 2.75) is 20.4 Å². The molecular weight excluding hydrogens is 294 g/mol. The molecule has 1 saturated carbocycles. The number of nitrogens with zero attached hydrogens (tertiary/aromatic N) is 1. The van der Waals surface area contributed by atoms with Crippen molar-refractivity contribution in [3.8, 4) is 0 Å². The van der Waals surface area contributed by atoms with Crippen LogP contribution < -0.4 is 0 Å². The quantitative estimate of drug-likeness (QED) is 0.788. The first-order valence-corrected chi connectivity index (χ1v) is 6.82. The van der Waals surface area contributed by atoms with E-state index in [9.17, 15) is 9.59 Å². The predicted octanol–water partition coefficient (Wildman–Crippen LogP) is 2.59. The molecule has 2 atom stereocenters. The number of imide groups is 1. The first-order valence-electron chi connectivity index (χ1n) is 6.02. The van der Waals surface area contributed by atoms with Crippen molar-refractivity contribution in [3.05, 3.63) is 34.3 Å². The van der Waals surface area contributed by atoms with Gasteiger partial charge in [0.05, 0.1) is 18.4 Å². The Bertz CT molecular complexity index is 511. The van der Waals surface area contributed by atoms with Gasteiger partial charge in [-0.05, 0) is 23.1 Å². The third-order valence-electron chi connectivity index (χ3n) is 4.15. The summed E-state index contributed by atoms with van der Waals surface area (Å²) in [5, 5.41) is 0. The Morgan fingerprint density at radius 1 is 1.11 bits per heavy atom. The summed E-state index contributed by atoms with van der Waals surface area (Å²) in [4.78, 5) is 25.7. The zero-order valence-corrected chi connectivity index (χ0v) is 11.9. The van der Waals surface area contributed by atoms with Crippen LogP contribution in [0, 0.1) is 17.3 Å². The summed E-state index contributed by atoms with van der Waals surface area (Å²) in [5.41, 5.74) is 0.865. The summed E-state index contributed by atoms with van der Waals surface area (Å²) >= 11 is 3.37. The smallest absolute Gasteiger partial charge is 0.233 e. The summed E-state index contributed by atoms with van der Waals surface area (Å²) in [5.74, 6) is -0.170. The minimum atomic E-state index is -0.121. The highest BCUT2D eigenvalue weighted by Gasteiger charge is 2.72. The number of rotatable bonds is 2. The number of halogens is 1.